The molecule has 1 N–H and O–H groups in total. The second kappa shape index (κ2) is 5.72. The first-order valence-corrected chi connectivity index (χ1v) is 6.67. The van der Waals surface area contributed by atoms with Crippen LogP contribution in [0.1, 0.15) is 31.0 Å². The summed E-state index contributed by atoms with van der Waals surface area (Å²) < 4.78 is 5.68. The topological polar surface area (TPSA) is 49.8 Å². The van der Waals surface area contributed by atoms with Crippen LogP contribution >= 0.6 is 0 Å². The first kappa shape index (κ1) is 14.0. The molecule has 0 aliphatic carbocycles. The summed E-state index contributed by atoms with van der Waals surface area (Å²) in [5, 5.41) is 9.59. The lowest BCUT2D eigenvalue weighted by Gasteiger charge is -2.39. The third-order valence-corrected chi connectivity index (χ3v) is 3.53. The lowest BCUT2D eigenvalue weighted by atomic mass is 9.99. The summed E-state index contributed by atoms with van der Waals surface area (Å²) in [6.45, 7) is 7.22. The number of carboxylic acid groups (broad SMARTS) is 1. The number of benzene rings is 1. The summed E-state index contributed by atoms with van der Waals surface area (Å²) in [4.78, 5) is 13.7. The van der Waals surface area contributed by atoms with Crippen molar-refractivity contribution in [3.63, 3.8) is 0 Å². The lowest BCUT2D eigenvalue weighted by molar-refractivity contribution is -0.149. The van der Waals surface area contributed by atoms with Gasteiger partial charge in [-0.3, -0.25) is 9.69 Å². The molecule has 1 saturated heterocycles. The number of hydrogen-bond donors (Lipinski definition) is 1. The molecule has 3 atom stereocenters. The second-order valence-corrected chi connectivity index (χ2v) is 5.31. The van der Waals surface area contributed by atoms with Crippen LogP contribution in [0.15, 0.2) is 24.3 Å². The van der Waals surface area contributed by atoms with Crippen LogP contribution < -0.4 is 0 Å². The van der Waals surface area contributed by atoms with Crippen molar-refractivity contribution in [3.05, 3.63) is 35.4 Å². The zero-order valence-corrected chi connectivity index (χ0v) is 11.7. The van der Waals surface area contributed by atoms with Gasteiger partial charge in [0.15, 0.2) is 0 Å². The summed E-state index contributed by atoms with van der Waals surface area (Å²) in [7, 11) is 0. The number of nitrogens with zero attached hydrogens (tertiary/aromatic N) is 1. The van der Waals surface area contributed by atoms with E-state index in [9.17, 15) is 9.90 Å². The van der Waals surface area contributed by atoms with Gasteiger partial charge in [-0.2, -0.15) is 0 Å². The molecule has 1 aromatic carbocycles. The van der Waals surface area contributed by atoms with E-state index in [2.05, 4.69) is 0 Å². The van der Waals surface area contributed by atoms with Gasteiger partial charge in [-0.15, -0.1) is 0 Å². The number of aliphatic carboxylic acids is 1. The van der Waals surface area contributed by atoms with Gasteiger partial charge in [0.2, 0.25) is 0 Å². The Labute approximate surface area is 114 Å². The van der Waals surface area contributed by atoms with Gasteiger partial charge in [-0.25, -0.2) is 0 Å². The molecule has 0 bridgehead atoms. The summed E-state index contributed by atoms with van der Waals surface area (Å²) in [6, 6.07) is 7.10. The fraction of sp³-hybridized carbons (Fsp3) is 0.533. The van der Waals surface area contributed by atoms with E-state index in [1.807, 2.05) is 49.9 Å². The van der Waals surface area contributed by atoms with Gasteiger partial charge in [0.1, 0.15) is 6.04 Å². The number of aryl methyl sites for hydroxylation is 1. The highest BCUT2D eigenvalue weighted by Gasteiger charge is 2.33. The highest BCUT2D eigenvalue weighted by Crippen LogP contribution is 2.27. The smallest absolute Gasteiger partial charge is 0.325 e. The Balaban J connectivity index is 2.31. The van der Waals surface area contributed by atoms with E-state index < -0.39 is 12.0 Å². The largest absolute Gasteiger partial charge is 0.480 e. The molecule has 104 valence electrons. The molecule has 0 amide bonds. The predicted molar refractivity (Wildman–Crippen MR) is 73.1 cm³/mol. The van der Waals surface area contributed by atoms with E-state index in [1.54, 1.807) is 0 Å². The third-order valence-electron chi connectivity index (χ3n) is 3.53. The van der Waals surface area contributed by atoms with Crippen LogP contribution in [0.2, 0.25) is 0 Å². The molecule has 1 aromatic rings. The van der Waals surface area contributed by atoms with Crippen molar-refractivity contribution in [2.45, 2.75) is 39.0 Å². The van der Waals surface area contributed by atoms with Crippen molar-refractivity contribution in [2.75, 3.05) is 13.1 Å². The average Bonchev–Trinajstić information content (AvgIpc) is 2.30. The van der Waals surface area contributed by atoms with E-state index in [0.717, 1.165) is 11.1 Å². The summed E-state index contributed by atoms with van der Waals surface area (Å²) in [5.41, 5.74) is 1.89. The number of rotatable bonds is 3. The van der Waals surface area contributed by atoms with Gasteiger partial charge >= 0.3 is 5.97 Å². The van der Waals surface area contributed by atoms with Gasteiger partial charge < -0.3 is 9.84 Å². The van der Waals surface area contributed by atoms with Crippen LogP contribution in [-0.4, -0.2) is 41.3 Å². The minimum absolute atomic E-state index is 0.0645. The van der Waals surface area contributed by atoms with Gasteiger partial charge in [0.05, 0.1) is 12.2 Å². The number of hydrogen-bond acceptors (Lipinski definition) is 3. The van der Waals surface area contributed by atoms with Gasteiger partial charge in [0.25, 0.3) is 0 Å². The van der Waals surface area contributed by atoms with E-state index in [1.165, 1.54) is 0 Å². The molecular weight excluding hydrogens is 242 g/mol. The van der Waals surface area contributed by atoms with Crippen LogP contribution in [-0.2, 0) is 9.53 Å². The van der Waals surface area contributed by atoms with Crippen LogP contribution in [0.25, 0.3) is 0 Å². The van der Waals surface area contributed by atoms with Crippen LogP contribution in [0.3, 0.4) is 0 Å². The Morgan fingerprint density at radius 2 is 1.89 bits per heavy atom. The highest BCUT2D eigenvalue weighted by molar-refractivity contribution is 5.76. The van der Waals surface area contributed by atoms with E-state index in [-0.39, 0.29) is 12.2 Å². The van der Waals surface area contributed by atoms with Crippen LogP contribution in [0.5, 0.6) is 0 Å². The minimum atomic E-state index is -0.796. The molecule has 0 radical (unpaired) electrons. The molecule has 1 heterocycles. The molecule has 1 aliphatic rings. The maximum atomic E-state index is 11.7. The Kier molecular flexibility index (Phi) is 4.22. The first-order valence-electron chi connectivity index (χ1n) is 6.67. The van der Waals surface area contributed by atoms with Crippen molar-refractivity contribution in [3.8, 4) is 0 Å². The van der Waals surface area contributed by atoms with Crippen molar-refractivity contribution >= 4 is 5.97 Å². The van der Waals surface area contributed by atoms with Gasteiger partial charge in [0, 0.05) is 13.1 Å². The zero-order valence-electron chi connectivity index (χ0n) is 11.7. The molecule has 0 spiro atoms. The fourth-order valence-corrected chi connectivity index (χ4v) is 2.81. The van der Waals surface area contributed by atoms with Crippen LogP contribution in [0, 0.1) is 6.92 Å². The summed E-state index contributed by atoms with van der Waals surface area (Å²) in [6.07, 6.45) is 0.129. The maximum absolute atomic E-state index is 11.7. The number of morpholine rings is 1. The average molecular weight is 263 g/mol. The monoisotopic (exact) mass is 263 g/mol. The lowest BCUT2D eigenvalue weighted by Crippen LogP contribution is -2.48. The van der Waals surface area contributed by atoms with Crippen molar-refractivity contribution in [2.24, 2.45) is 0 Å². The SMILES string of the molecule is Cc1ccccc1C(C(=O)O)N1CC(C)OC(C)C1. The maximum Gasteiger partial charge on any atom is 0.325 e. The third kappa shape index (κ3) is 3.14. The Morgan fingerprint density at radius 1 is 1.32 bits per heavy atom. The van der Waals surface area contributed by atoms with Crippen LogP contribution in [0.4, 0.5) is 0 Å². The number of carbonyl (C=O) groups is 1. The van der Waals surface area contributed by atoms with E-state index in [0.29, 0.717) is 13.1 Å². The Bertz CT molecular complexity index is 450. The van der Waals surface area contributed by atoms with Crippen molar-refractivity contribution < 1.29 is 14.6 Å². The summed E-state index contributed by atoms with van der Waals surface area (Å²) in [5.74, 6) is -0.796. The van der Waals surface area contributed by atoms with E-state index >= 15 is 0 Å². The Hall–Kier alpha value is -1.39. The molecule has 0 saturated carbocycles. The normalized spacial score (nSPS) is 26.1. The molecule has 1 aliphatic heterocycles. The predicted octanol–water partition coefficient (Wildman–Crippen LogP) is 2.23. The standard InChI is InChI=1S/C15H21NO3/c1-10-6-4-5-7-13(10)14(15(17)18)16-8-11(2)19-12(3)9-16/h4-7,11-12,14H,8-9H2,1-3H3,(H,17,18). The van der Waals surface area contributed by atoms with Gasteiger partial charge in [-0.1, -0.05) is 24.3 Å². The molecule has 4 heteroatoms. The molecule has 2 rings (SSSR count). The zero-order chi connectivity index (χ0) is 14.0. The second-order valence-electron chi connectivity index (χ2n) is 5.31. The number of carboxylic acids is 1. The van der Waals surface area contributed by atoms with Gasteiger partial charge in [-0.05, 0) is 31.9 Å². The quantitative estimate of drug-likeness (QED) is 0.908. The molecule has 0 aromatic heterocycles. The molecule has 1 fully saturated rings. The fourth-order valence-electron chi connectivity index (χ4n) is 2.81. The molecule has 4 nitrogen and oxygen atoms in total. The van der Waals surface area contributed by atoms with Crippen molar-refractivity contribution in [1.82, 2.24) is 4.90 Å². The highest BCUT2D eigenvalue weighted by atomic mass is 16.5. The molecule has 3 unspecified atom stereocenters. The van der Waals surface area contributed by atoms with Crippen molar-refractivity contribution in [1.29, 1.82) is 0 Å². The molecule has 19 heavy (non-hydrogen) atoms. The number of ether oxygens (including phenoxy) is 1. The van der Waals surface area contributed by atoms with E-state index in [4.69, 9.17) is 4.74 Å². The Morgan fingerprint density at radius 3 is 2.42 bits per heavy atom. The molecular formula is C15H21NO3. The first-order chi connectivity index (χ1) is 8.99. The minimum Gasteiger partial charge on any atom is -0.480 e. The summed E-state index contributed by atoms with van der Waals surface area (Å²) >= 11 is 0.